The Morgan fingerprint density at radius 2 is 1.21 bits per heavy atom. The van der Waals surface area contributed by atoms with E-state index in [1.807, 2.05) is 72.8 Å². The van der Waals surface area contributed by atoms with E-state index in [1.165, 1.54) is 0 Å². The topological polar surface area (TPSA) is 46.2 Å². The summed E-state index contributed by atoms with van der Waals surface area (Å²) >= 11 is 0. The Labute approximate surface area is 142 Å². The number of hydrogen-bond donors (Lipinski definition) is 2. The van der Waals surface area contributed by atoms with Crippen molar-refractivity contribution in [3.8, 4) is 5.75 Å². The van der Waals surface area contributed by atoms with Crippen molar-refractivity contribution in [2.24, 2.45) is 0 Å². The van der Waals surface area contributed by atoms with E-state index in [4.69, 9.17) is 9.72 Å². The van der Waals surface area contributed by atoms with Crippen molar-refractivity contribution < 1.29 is 4.74 Å². The molecule has 2 aromatic carbocycles. The Morgan fingerprint density at radius 1 is 0.750 bits per heavy atom. The van der Waals surface area contributed by atoms with Gasteiger partial charge in [-0.15, -0.1) is 0 Å². The molecule has 24 heavy (non-hydrogen) atoms. The predicted molar refractivity (Wildman–Crippen MR) is 98.3 cm³/mol. The molecule has 1 aromatic heterocycles. The maximum atomic E-state index is 5.40. The fraction of sp³-hybridized carbons (Fsp3) is 0.150. The molecule has 0 atom stereocenters. The molecule has 0 saturated heterocycles. The highest BCUT2D eigenvalue weighted by Crippen LogP contribution is 2.17. The summed E-state index contributed by atoms with van der Waals surface area (Å²) in [5.41, 5.74) is 4.04. The number of methoxy groups -OCH3 is 1. The molecule has 0 aliphatic rings. The molecule has 0 amide bonds. The summed E-state index contributed by atoms with van der Waals surface area (Å²) in [6, 6.07) is 24.1. The number of nitrogens with zero attached hydrogens (tertiary/aromatic N) is 1. The Morgan fingerprint density at radius 3 is 1.62 bits per heavy atom. The third-order valence-electron chi connectivity index (χ3n) is 3.64. The molecule has 4 heteroatoms. The maximum absolute atomic E-state index is 5.40. The van der Waals surface area contributed by atoms with Crippen LogP contribution in [-0.4, -0.2) is 12.1 Å². The van der Waals surface area contributed by atoms with Crippen molar-refractivity contribution >= 4 is 11.4 Å². The van der Waals surface area contributed by atoms with E-state index >= 15 is 0 Å². The first kappa shape index (κ1) is 15.9. The number of benzene rings is 2. The van der Waals surface area contributed by atoms with Crippen LogP contribution in [0.5, 0.6) is 5.75 Å². The number of pyridine rings is 1. The zero-order valence-electron chi connectivity index (χ0n) is 13.7. The third kappa shape index (κ3) is 4.49. The van der Waals surface area contributed by atoms with Crippen molar-refractivity contribution in [2.75, 3.05) is 17.7 Å². The fourth-order valence-electron chi connectivity index (χ4n) is 2.42. The van der Waals surface area contributed by atoms with Crippen LogP contribution in [0.1, 0.15) is 11.4 Å². The average molecular weight is 319 g/mol. The molecule has 3 aromatic rings. The van der Waals surface area contributed by atoms with Gasteiger partial charge >= 0.3 is 0 Å². The van der Waals surface area contributed by atoms with Gasteiger partial charge in [-0.05, 0) is 24.3 Å². The van der Waals surface area contributed by atoms with Crippen molar-refractivity contribution in [2.45, 2.75) is 13.1 Å². The number of anilines is 2. The number of rotatable bonds is 7. The van der Waals surface area contributed by atoms with Gasteiger partial charge in [0.05, 0.1) is 31.6 Å². The summed E-state index contributed by atoms with van der Waals surface area (Å²) in [7, 11) is 1.68. The average Bonchev–Trinajstić information content (AvgIpc) is 2.66. The van der Waals surface area contributed by atoms with Gasteiger partial charge in [0.1, 0.15) is 5.75 Å². The van der Waals surface area contributed by atoms with E-state index < -0.39 is 0 Å². The lowest BCUT2D eigenvalue weighted by Crippen LogP contribution is -2.07. The highest BCUT2D eigenvalue weighted by molar-refractivity contribution is 5.44. The number of ether oxygens (including phenoxy) is 1. The van der Waals surface area contributed by atoms with Gasteiger partial charge in [0.2, 0.25) is 0 Å². The van der Waals surface area contributed by atoms with Crippen molar-refractivity contribution in [1.29, 1.82) is 0 Å². The molecule has 0 aliphatic carbocycles. The number of aromatic nitrogens is 1. The van der Waals surface area contributed by atoms with Crippen LogP contribution in [0.25, 0.3) is 0 Å². The minimum Gasteiger partial charge on any atom is -0.497 e. The van der Waals surface area contributed by atoms with E-state index in [2.05, 4.69) is 10.6 Å². The second-order valence-corrected chi connectivity index (χ2v) is 5.43. The van der Waals surface area contributed by atoms with Crippen LogP contribution in [0.2, 0.25) is 0 Å². The third-order valence-corrected chi connectivity index (χ3v) is 3.64. The Kier molecular flexibility index (Phi) is 5.30. The predicted octanol–water partition coefficient (Wildman–Crippen LogP) is 4.31. The molecule has 0 unspecified atom stereocenters. The summed E-state index contributed by atoms with van der Waals surface area (Å²) in [6.45, 7) is 1.30. The first-order valence-electron chi connectivity index (χ1n) is 7.95. The molecule has 4 nitrogen and oxygen atoms in total. The first-order valence-corrected chi connectivity index (χ1v) is 7.95. The molecule has 0 spiro atoms. The Bertz CT molecular complexity index is 699. The zero-order valence-corrected chi connectivity index (χ0v) is 13.7. The Hall–Kier alpha value is -3.01. The summed E-state index contributed by atoms with van der Waals surface area (Å²) in [4.78, 5) is 4.71. The summed E-state index contributed by atoms with van der Waals surface area (Å²) < 4.78 is 5.40. The number of nitrogens with one attached hydrogen (secondary N) is 2. The molecule has 0 aliphatic heterocycles. The first-order chi connectivity index (χ1) is 11.8. The molecule has 0 saturated carbocycles. The SMILES string of the molecule is COc1cc(CNc2ccccc2)nc(CNc2ccccc2)c1. The van der Waals surface area contributed by atoms with Gasteiger partial charge in [-0.25, -0.2) is 0 Å². The van der Waals surface area contributed by atoms with Crippen LogP contribution >= 0.6 is 0 Å². The van der Waals surface area contributed by atoms with Crippen LogP contribution in [0, 0.1) is 0 Å². The zero-order chi connectivity index (χ0) is 16.6. The molecule has 1 heterocycles. The lowest BCUT2D eigenvalue weighted by atomic mass is 10.2. The van der Waals surface area contributed by atoms with Gasteiger partial charge in [0, 0.05) is 23.5 Å². The summed E-state index contributed by atoms with van der Waals surface area (Å²) in [5.74, 6) is 0.819. The smallest absolute Gasteiger partial charge is 0.122 e. The van der Waals surface area contributed by atoms with E-state index in [0.717, 1.165) is 28.5 Å². The minimum absolute atomic E-state index is 0.652. The van der Waals surface area contributed by atoms with Crippen LogP contribution in [0.15, 0.2) is 72.8 Å². The van der Waals surface area contributed by atoms with Crippen LogP contribution < -0.4 is 15.4 Å². The molecule has 122 valence electrons. The van der Waals surface area contributed by atoms with Crippen LogP contribution in [0.4, 0.5) is 11.4 Å². The second kappa shape index (κ2) is 8.02. The molecule has 3 rings (SSSR count). The normalized spacial score (nSPS) is 10.2. The molecule has 2 N–H and O–H groups in total. The van der Waals surface area contributed by atoms with E-state index in [1.54, 1.807) is 7.11 Å². The van der Waals surface area contributed by atoms with E-state index in [9.17, 15) is 0 Å². The highest BCUT2D eigenvalue weighted by Gasteiger charge is 2.04. The van der Waals surface area contributed by atoms with Crippen molar-refractivity contribution in [1.82, 2.24) is 4.98 Å². The van der Waals surface area contributed by atoms with Crippen LogP contribution in [-0.2, 0) is 13.1 Å². The molecular formula is C20H21N3O. The van der Waals surface area contributed by atoms with Crippen molar-refractivity contribution in [3.63, 3.8) is 0 Å². The van der Waals surface area contributed by atoms with Gasteiger partial charge in [-0.3, -0.25) is 4.98 Å². The standard InChI is InChI=1S/C20H21N3O/c1-24-20-12-18(14-21-16-8-4-2-5-9-16)23-19(13-20)15-22-17-10-6-3-7-11-17/h2-13,21-22H,14-15H2,1H3. The molecule has 0 fully saturated rings. The van der Waals surface area contributed by atoms with Gasteiger partial charge in [0.25, 0.3) is 0 Å². The van der Waals surface area contributed by atoms with Gasteiger partial charge in [-0.1, -0.05) is 36.4 Å². The largest absolute Gasteiger partial charge is 0.497 e. The van der Waals surface area contributed by atoms with E-state index in [-0.39, 0.29) is 0 Å². The Balaban J connectivity index is 1.68. The van der Waals surface area contributed by atoms with Crippen LogP contribution in [0.3, 0.4) is 0 Å². The molecule has 0 radical (unpaired) electrons. The quantitative estimate of drug-likeness (QED) is 0.681. The van der Waals surface area contributed by atoms with Gasteiger partial charge in [0.15, 0.2) is 0 Å². The minimum atomic E-state index is 0.652. The van der Waals surface area contributed by atoms with Gasteiger partial charge in [-0.2, -0.15) is 0 Å². The molecular weight excluding hydrogens is 298 g/mol. The lowest BCUT2D eigenvalue weighted by Gasteiger charge is -2.11. The number of hydrogen-bond acceptors (Lipinski definition) is 4. The van der Waals surface area contributed by atoms with Gasteiger partial charge < -0.3 is 15.4 Å². The lowest BCUT2D eigenvalue weighted by molar-refractivity contribution is 0.413. The monoisotopic (exact) mass is 319 g/mol. The number of para-hydroxylation sites is 2. The molecule has 0 bridgehead atoms. The second-order valence-electron chi connectivity index (χ2n) is 5.43. The van der Waals surface area contributed by atoms with E-state index in [0.29, 0.717) is 13.1 Å². The van der Waals surface area contributed by atoms with Crippen molar-refractivity contribution in [3.05, 3.63) is 84.2 Å². The highest BCUT2D eigenvalue weighted by atomic mass is 16.5. The maximum Gasteiger partial charge on any atom is 0.122 e. The fourth-order valence-corrected chi connectivity index (χ4v) is 2.42. The summed E-state index contributed by atoms with van der Waals surface area (Å²) in [5, 5.41) is 6.75. The summed E-state index contributed by atoms with van der Waals surface area (Å²) in [6.07, 6.45) is 0.